The maximum Gasteiger partial charge on any atom is 0.420 e. The Labute approximate surface area is 121 Å². The van der Waals surface area contributed by atoms with E-state index in [1.807, 2.05) is 5.92 Å². The summed E-state index contributed by atoms with van der Waals surface area (Å²) in [5, 5.41) is 24.2. The SMILES string of the molecule is C#CCNc1c([N+](=O)[O-])cc(C(F)(F)F)c(OC)c1[N+](=O)[O-]. The molecule has 0 amide bonds. The van der Waals surface area contributed by atoms with Gasteiger partial charge >= 0.3 is 11.9 Å². The third-order valence-electron chi connectivity index (χ3n) is 2.49. The molecule has 0 saturated carbocycles. The van der Waals surface area contributed by atoms with Crippen molar-refractivity contribution in [1.29, 1.82) is 0 Å². The summed E-state index contributed by atoms with van der Waals surface area (Å²) in [6.07, 6.45) is -0.143. The number of halogens is 3. The third kappa shape index (κ3) is 3.17. The molecule has 0 bridgehead atoms. The van der Waals surface area contributed by atoms with Gasteiger partial charge in [-0.05, 0) is 0 Å². The molecule has 0 heterocycles. The molecule has 0 fully saturated rings. The van der Waals surface area contributed by atoms with Gasteiger partial charge in [0.15, 0.2) is 5.69 Å². The van der Waals surface area contributed by atoms with Crippen molar-refractivity contribution < 1.29 is 27.8 Å². The second-order valence-corrected chi connectivity index (χ2v) is 3.77. The Balaban J connectivity index is 3.86. The van der Waals surface area contributed by atoms with Crippen LogP contribution in [0.5, 0.6) is 5.75 Å². The van der Waals surface area contributed by atoms with Crippen molar-refractivity contribution in [3.8, 4) is 18.1 Å². The maximum atomic E-state index is 12.9. The van der Waals surface area contributed by atoms with Gasteiger partial charge in [0.2, 0.25) is 5.75 Å². The Hall–Kier alpha value is -3.03. The quantitative estimate of drug-likeness (QED) is 0.508. The predicted octanol–water partition coefficient (Wildman–Crippen LogP) is 2.58. The molecule has 0 atom stereocenters. The second-order valence-electron chi connectivity index (χ2n) is 3.77. The van der Waals surface area contributed by atoms with Crippen LogP contribution in [0, 0.1) is 32.6 Å². The number of nitrogens with zero attached hydrogens (tertiary/aromatic N) is 2. The van der Waals surface area contributed by atoms with Gasteiger partial charge in [-0.15, -0.1) is 6.42 Å². The van der Waals surface area contributed by atoms with Crippen LogP contribution in [0.3, 0.4) is 0 Å². The summed E-state index contributed by atoms with van der Waals surface area (Å²) in [5.41, 5.74) is -4.72. The van der Waals surface area contributed by atoms with Gasteiger partial charge < -0.3 is 10.1 Å². The summed E-state index contributed by atoms with van der Waals surface area (Å²) < 4.78 is 43.2. The molecule has 8 nitrogen and oxygen atoms in total. The predicted molar refractivity (Wildman–Crippen MR) is 68.6 cm³/mol. The van der Waals surface area contributed by atoms with Gasteiger partial charge in [0.1, 0.15) is 5.56 Å². The minimum atomic E-state index is -5.08. The molecular weight excluding hydrogens is 311 g/mol. The van der Waals surface area contributed by atoms with E-state index >= 15 is 0 Å². The lowest BCUT2D eigenvalue weighted by Gasteiger charge is -2.14. The first kappa shape index (κ1) is 17.0. The van der Waals surface area contributed by atoms with Crippen LogP contribution in [-0.4, -0.2) is 23.5 Å². The molecule has 22 heavy (non-hydrogen) atoms. The molecule has 0 radical (unpaired) electrons. The molecule has 0 unspecified atom stereocenters. The normalized spacial score (nSPS) is 10.7. The topological polar surface area (TPSA) is 108 Å². The van der Waals surface area contributed by atoms with Gasteiger partial charge in [0, 0.05) is 6.07 Å². The Bertz CT molecular complexity index is 666. The highest BCUT2D eigenvalue weighted by atomic mass is 19.4. The first-order chi connectivity index (χ1) is 10.1. The number of hydrogen-bond donors (Lipinski definition) is 1. The second kappa shape index (κ2) is 6.17. The summed E-state index contributed by atoms with van der Waals surface area (Å²) >= 11 is 0. The Morgan fingerprint density at radius 1 is 1.36 bits per heavy atom. The molecule has 118 valence electrons. The standard InChI is InChI=1S/C11H8F3N3O5/c1-3-4-15-8-7(16(18)19)5-6(11(12,13)14)10(22-2)9(8)17(20)21/h1,5,15H,4H2,2H3. The zero-order valence-corrected chi connectivity index (χ0v) is 10.9. The molecule has 0 aromatic heterocycles. The van der Waals surface area contributed by atoms with Crippen molar-refractivity contribution in [2.75, 3.05) is 19.0 Å². The number of hydrogen-bond acceptors (Lipinski definition) is 6. The smallest absolute Gasteiger partial charge is 0.420 e. The fourth-order valence-corrected chi connectivity index (χ4v) is 1.69. The van der Waals surface area contributed by atoms with Crippen LogP contribution < -0.4 is 10.1 Å². The molecule has 11 heteroatoms. The van der Waals surface area contributed by atoms with Crippen molar-refractivity contribution in [2.45, 2.75) is 6.18 Å². The largest absolute Gasteiger partial charge is 0.490 e. The number of anilines is 1. The van der Waals surface area contributed by atoms with Crippen LogP contribution in [-0.2, 0) is 6.18 Å². The van der Waals surface area contributed by atoms with Crippen LogP contribution in [0.1, 0.15) is 5.56 Å². The number of nitrogens with one attached hydrogen (secondary N) is 1. The van der Waals surface area contributed by atoms with E-state index in [2.05, 4.69) is 10.1 Å². The van der Waals surface area contributed by atoms with E-state index in [9.17, 15) is 33.4 Å². The van der Waals surface area contributed by atoms with Crippen molar-refractivity contribution in [3.05, 3.63) is 31.9 Å². The maximum absolute atomic E-state index is 12.9. The van der Waals surface area contributed by atoms with Crippen LogP contribution in [0.25, 0.3) is 0 Å². The molecule has 0 aliphatic heterocycles. The van der Waals surface area contributed by atoms with E-state index < -0.39 is 44.4 Å². The lowest BCUT2D eigenvalue weighted by Crippen LogP contribution is -2.13. The number of ether oxygens (including phenoxy) is 1. The number of benzene rings is 1. The Morgan fingerprint density at radius 3 is 2.32 bits per heavy atom. The van der Waals surface area contributed by atoms with E-state index in [1.165, 1.54) is 0 Å². The van der Waals surface area contributed by atoms with Crippen LogP contribution in [0.15, 0.2) is 6.07 Å². The fraction of sp³-hybridized carbons (Fsp3) is 0.273. The number of nitro groups is 2. The average molecular weight is 319 g/mol. The zero-order chi connectivity index (χ0) is 17.1. The first-order valence-electron chi connectivity index (χ1n) is 5.43. The minimum absolute atomic E-state index is 0.157. The van der Waals surface area contributed by atoms with Gasteiger partial charge in [-0.25, -0.2) is 0 Å². The summed E-state index contributed by atoms with van der Waals surface area (Å²) in [5.74, 6) is 0.875. The van der Waals surface area contributed by atoms with E-state index in [0.29, 0.717) is 0 Å². The van der Waals surface area contributed by atoms with Gasteiger partial charge in [-0.2, -0.15) is 13.2 Å². The van der Waals surface area contributed by atoms with Gasteiger partial charge in [-0.3, -0.25) is 20.2 Å². The third-order valence-corrected chi connectivity index (χ3v) is 2.49. The lowest BCUT2D eigenvalue weighted by molar-refractivity contribution is -0.393. The number of alkyl halides is 3. The lowest BCUT2D eigenvalue weighted by atomic mass is 10.1. The summed E-state index contributed by atoms with van der Waals surface area (Å²) in [6.45, 7) is -0.365. The van der Waals surface area contributed by atoms with Crippen LogP contribution in [0.4, 0.5) is 30.2 Å². The van der Waals surface area contributed by atoms with E-state index in [0.717, 1.165) is 7.11 Å². The fourth-order valence-electron chi connectivity index (χ4n) is 1.69. The van der Waals surface area contributed by atoms with Crippen molar-refractivity contribution in [1.82, 2.24) is 0 Å². The molecular formula is C11H8F3N3O5. The first-order valence-corrected chi connectivity index (χ1v) is 5.43. The summed E-state index contributed by atoms with van der Waals surface area (Å²) in [4.78, 5) is 19.6. The number of rotatable bonds is 5. The molecule has 1 N–H and O–H groups in total. The van der Waals surface area contributed by atoms with Crippen LogP contribution >= 0.6 is 0 Å². The monoisotopic (exact) mass is 319 g/mol. The summed E-state index contributed by atoms with van der Waals surface area (Å²) in [6, 6.07) is 0.157. The molecule has 0 aliphatic rings. The van der Waals surface area contributed by atoms with Gasteiger partial charge in [0.05, 0.1) is 23.5 Å². The highest BCUT2D eigenvalue weighted by Gasteiger charge is 2.43. The van der Waals surface area contributed by atoms with E-state index in [4.69, 9.17) is 6.42 Å². The van der Waals surface area contributed by atoms with Crippen molar-refractivity contribution >= 4 is 17.1 Å². The number of terminal acetylenes is 1. The number of nitro benzene ring substituents is 2. The summed E-state index contributed by atoms with van der Waals surface area (Å²) in [7, 11) is 0.786. The van der Waals surface area contributed by atoms with Gasteiger partial charge in [-0.1, -0.05) is 5.92 Å². The van der Waals surface area contributed by atoms with E-state index in [1.54, 1.807) is 0 Å². The molecule has 1 aromatic rings. The van der Waals surface area contributed by atoms with Crippen molar-refractivity contribution in [3.63, 3.8) is 0 Å². The molecule has 0 aliphatic carbocycles. The van der Waals surface area contributed by atoms with Crippen LogP contribution in [0.2, 0.25) is 0 Å². The van der Waals surface area contributed by atoms with Crippen molar-refractivity contribution in [2.24, 2.45) is 0 Å². The Kier molecular flexibility index (Phi) is 4.77. The zero-order valence-electron chi connectivity index (χ0n) is 10.9. The van der Waals surface area contributed by atoms with E-state index in [-0.39, 0.29) is 12.6 Å². The average Bonchev–Trinajstić information content (AvgIpc) is 2.41. The molecule has 0 saturated heterocycles. The Morgan fingerprint density at radius 2 is 1.95 bits per heavy atom. The molecule has 1 aromatic carbocycles. The minimum Gasteiger partial charge on any atom is -0.490 e. The highest BCUT2D eigenvalue weighted by molar-refractivity contribution is 5.81. The van der Waals surface area contributed by atoms with Gasteiger partial charge in [0.25, 0.3) is 5.69 Å². The molecule has 0 spiro atoms. The number of methoxy groups -OCH3 is 1. The highest BCUT2D eigenvalue weighted by Crippen LogP contribution is 2.49. The molecule has 1 rings (SSSR count).